The van der Waals surface area contributed by atoms with E-state index in [1.807, 2.05) is 0 Å². The van der Waals surface area contributed by atoms with E-state index in [1.165, 1.54) is 6.07 Å². The maximum absolute atomic E-state index is 10.8. The number of aromatic nitrogens is 2. The molecule has 1 heterocycles. The van der Waals surface area contributed by atoms with Gasteiger partial charge in [0.2, 0.25) is 5.52 Å². The lowest BCUT2D eigenvalue weighted by Crippen LogP contribution is -2.16. The molecule has 90 valence electrons. The molecular formula is C11H13N3O3. The van der Waals surface area contributed by atoms with E-state index >= 15 is 0 Å². The minimum absolute atomic E-state index is 0.0723. The topological polar surface area (TPSA) is 82.1 Å². The van der Waals surface area contributed by atoms with Crippen molar-refractivity contribution >= 4 is 16.7 Å². The number of nitrogens with zero attached hydrogens (tertiary/aromatic N) is 3. The monoisotopic (exact) mass is 235 g/mol. The summed E-state index contributed by atoms with van der Waals surface area (Å²) in [5.74, 6) is 0. The molecule has 0 bridgehead atoms. The van der Waals surface area contributed by atoms with Gasteiger partial charge in [-0.3, -0.25) is 10.1 Å². The first-order valence-electron chi connectivity index (χ1n) is 5.37. The van der Waals surface area contributed by atoms with Crippen LogP contribution in [-0.2, 0) is 5.41 Å². The van der Waals surface area contributed by atoms with Gasteiger partial charge in [-0.25, -0.2) is 4.63 Å². The number of hydrogen-bond donors (Lipinski definition) is 0. The molecule has 0 aliphatic rings. The number of non-ortho nitro benzene ring substituents is 1. The molecule has 6 nitrogen and oxygen atoms in total. The van der Waals surface area contributed by atoms with Gasteiger partial charge in [0.15, 0.2) is 0 Å². The predicted octanol–water partition coefficient (Wildman–Crippen LogP) is 2.82. The number of nitro benzene ring substituents is 1. The number of rotatable bonds is 3. The van der Waals surface area contributed by atoms with Gasteiger partial charge < -0.3 is 0 Å². The van der Waals surface area contributed by atoms with Crippen LogP contribution in [0.4, 0.5) is 5.69 Å². The maximum Gasteiger partial charge on any atom is 0.300 e. The molecule has 0 N–H and O–H groups in total. The maximum atomic E-state index is 10.8. The molecule has 0 unspecified atom stereocenters. The van der Waals surface area contributed by atoms with Crippen LogP contribution in [0, 0.1) is 10.1 Å². The lowest BCUT2D eigenvalue weighted by Gasteiger charge is -2.22. The van der Waals surface area contributed by atoms with Crippen molar-refractivity contribution < 1.29 is 9.55 Å². The Bertz CT molecular complexity index is 574. The van der Waals surface area contributed by atoms with Crippen molar-refractivity contribution in [3.63, 3.8) is 0 Å². The average Bonchev–Trinajstić information content (AvgIpc) is 2.75. The van der Waals surface area contributed by atoms with Crippen LogP contribution in [0.25, 0.3) is 11.0 Å². The van der Waals surface area contributed by atoms with Crippen LogP contribution >= 0.6 is 0 Å². The van der Waals surface area contributed by atoms with Crippen LogP contribution in [-0.4, -0.2) is 15.2 Å². The second kappa shape index (κ2) is 3.80. The second-order valence-electron chi connectivity index (χ2n) is 4.59. The van der Waals surface area contributed by atoms with Crippen molar-refractivity contribution in [3.8, 4) is 0 Å². The van der Waals surface area contributed by atoms with Crippen LogP contribution in [0.3, 0.4) is 0 Å². The van der Waals surface area contributed by atoms with Crippen molar-refractivity contribution in [2.75, 3.05) is 0 Å². The Hall–Kier alpha value is -1.98. The lowest BCUT2D eigenvalue weighted by molar-refractivity contribution is -0.383. The van der Waals surface area contributed by atoms with Crippen molar-refractivity contribution in [2.24, 2.45) is 0 Å². The predicted molar refractivity (Wildman–Crippen MR) is 61.8 cm³/mol. The first kappa shape index (κ1) is 11.5. The first-order chi connectivity index (χ1) is 7.97. The molecule has 0 radical (unpaired) electrons. The fraction of sp³-hybridized carbons (Fsp3) is 0.455. The van der Waals surface area contributed by atoms with Crippen LogP contribution in [0.5, 0.6) is 0 Å². The Labute approximate surface area is 97.7 Å². The molecule has 17 heavy (non-hydrogen) atoms. The fourth-order valence-corrected chi connectivity index (χ4v) is 1.74. The van der Waals surface area contributed by atoms with E-state index in [9.17, 15) is 10.1 Å². The van der Waals surface area contributed by atoms with Gasteiger partial charge in [0.05, 0.1) is 4.92 Å². The van der Waals surface area contributed by atoms with Crippen LogP contribution in [0.2, 0.25) is 0 Å². The van der Waals surface area contributed by atoms with E-state index < -0.39 is 4.92 Å². The third-order valence-corrected chi connectivity index (χ3v) is 3.20. The third-order valence-electron chi connectivity index (χ3n) is 3.20. The van der Waals surface area contributed by atoms with Crippen LogP contribution in [0.15, 0.2) is 16.8 Å². The Kier molecular flexibility index (Phi) is 2.57. The van der Waals surface area contributed by atoms with Gasteiger partial charge in [-0.05, 0) is 33.8 Å². The molecule has 2 aromatic rings. The summed E-state index contributed by atoms with van der Waals surface area (Å²) in [6.07, 6.45) is 0.896. The number of nitro groups is 1. The Morgan fingerprint density at radius 2 is 2.00 bits per heavy atom. The zero-order valence-corrected chi connectivity index (χ0v) is 9.93. The molecule has 0 saturated carbocycles. The molecule has 0 fully saturated rings. The highest BCUT2D eigenvalue weighted by molar-refractivity contribution is 5.86. The Balaban J connectivity index is 2.74. The third kappa shape index (κ3) is 1.75. The van der Waals surface area contributed by atoms with E-state index in [2.05, 4.69) is 35.7 Å². The highest BCUT2D eigenvalue weighted by atomic mass is 16.6. The van der Waals surface area contributed by atoms with Crippen molar-refractivity contribution in [2.45, 2.75) is 32.6 Å². The van der Waals surface area contributed by atoms with Crippen molar-refractivity contribution in [3.05, 3.63) is 27.8 Å². The molecule has 1 aromatic carbocycles. The molecule has 0 aliphatic heterocycles. The summed E-state index contributed by atoms with van der Waals surface area (Å²) in [4.78, 5) is 10.4. The van der Waals surface area contributed by atoms with E-state index in [0.29, 0.717) is 5.52 Å². The van der Waals surface area contributed by atoms with Crippen LogP contribution < -0.4 is 0 Å². The van der Waals surface area contributed by atoms with Gasteiger partial charge in [0, 0.05) is 6.07 Å². The SMILES string of the molecule is CCC(C)(C)c1ccc([N+](=O)[O-])c2nonc12. The summed E-state index contributed by atoms with van der Waals surface area (Å²) in [6, 6.07) is 3.19. The van der Waals surface area contributed by atoms with Gasteiger partial charge in [-0.15, -0.1) is 0 Å². The molecule has 0 aliphatic carbocycles. The summed E-state index contributed by atoms with van der Waals surface area (Å²) >= 11 is 0. The Morgan fingerprint density at radius 1 is 1.35 bits per heavy atom. The van der Waals surface area contributed by atoms with Crippen LogP contribution in [0.1, 0.15) is 32.8 Å². The molecular weight excluding hydrogens is 222 g/mol. The van der Waals surface area contributed by atoms with E-state index in [0.717, 1.165) is 12.0 Å². The zero-order valence-electron chi connectivity index (χ0n) is 9.93. The van der Waals surface area contributed by atoms with Gasteiger partial charge >= 0.3 is 5.69 Å². The summed E-state index contributed by atoms with van der Waals surface area (Å²) < 4.78 is 4.63. The highest BCUT2D eigenvalue weighted by Gasteiger charge is 2.27. The smallest absolute Gasteiger partial charge is 0.258 e. The molecule has 2 rings (SSSR count). The zero-order chi connectivity index (χ0) is 12.6. The summed E-state index contributed by atoms with van der Waals surface area (Å²) in [7, 11) is 0. The highest BCUT2D eigenvalue weighted by Crippen LogP contribution is 2.34. The van der Waals surface area contributed by atoms with Crippen molar-refractivity contribution in [1.82, 2.24) is 10.3 Å². The Morgan fingerprint density at radius 3 is 2.59 bits per heavy atom. The number of fused-ring (bicyclic) bond motifs is 1. The molecule has 6 heteroatoms. The van der Waals surface area contributed by atoms with Gasteiger partial charge in [-0.2, -0.15) is 0 Å². The largest absolute Gasteiger partial charge is 0.300 e. The molecule has 0 spiro atoms. The number of benzene rings is 1. The lowest BCUT2D eigenvalue weighted by atomic mass is 9.81. The van der Waals surface area contributed by atoms with Gasteiger partial charge in [0.25, 0.3) is 0 Å². The fourth-order valence-electron chi connectivity index (χ4n) is 1.74. The standard InChI is InChI=1S/C11H13N3O3/c1-4-11(2,3)7-5-6-8(14(15)16)10-9(7)12-17-13-10/h5-6H,4H2,1-3H3. The second-order valence-corrected chi connectivity index (χ2v) is 4.59. The molecule has 1 aromatic heterocycles. The van der Waals surface area contributed by atoms with E-state index in [4.69, 9.17) is 0 Å². The van der Waals surface area contributed by atoms with Crippen molar-refractivity contribution in [1.29, 1.82) is 0 Å². The van der Waals surface area contributed by atoms with E-state index in [1.54, 1.807) is 6.07 Å². The molecule has 0 atom stereocenters. The minimum atomic E-state index is -0.477. The minimum Gasteiger partial charge on any atom is -0.258 e. The number of hydrogen-bond acceptors (Lipinski definition) is 5. The average molecular weight is 235 g/mol. The quantitative estimate of drug-likeness (QED) is 0.603. The van der Waals surface area contributed by atoms with Gasteiger partial charge in [0.1, 0.15) is 5.52 Å². The molecule has 0 saturated heterocycles. The normalized spacial score (nSPS) is 11.9. The summed E-state index contributed by atoms with van der Waals surface area (Å²) in [6.45, 7) is 6.17. The first-order valence-corrected chi connectivity index (χ1v) is 5.37. The molecule has 0 amide bonds. The van der Waals surface area contributed by atoms with Gasteiger partial charge in [-0.1, -0.05) is 20.8 Å². The summed E-state index contributed by atoms with van der Waals surface area (Å²) in [5.41, 5.74) is 1.42. The van der Waals surface area contributed by atoms with E-state index in [-0.39, 0.29) is 16.6 Å². The summed E-state index contributed by atoms with van der Waals surface area (Å²) in [5, 5.41) is 18.2.